The van der Waals surface area contributed by atoms with Gasteiger partial charge in [0.2, 0.25) is 0 Å². The Morgan fingerprint density at radius 2 is 2.31 bits per heavy atom. The number of hydrogen-bond acceptors (Lipinski definition) is 3. The standard InChI is InChI=1S/C12H20BrNS2/c1-3-4-10(8-15)6-14(2)7-12-5-11(13)9-16-12/h5,9-10,15H,3-4,6-8H2,1-2H3. The van der Waals surface area contributed by atoms with Crippen LogP contribution in [0, 0.1) is 5.92 Å². The van der Waals surface area contributed by atoms with Crippen LogP contribution in [0.5, 0.6) is 0 Å². The Morgan fingerprint density at radius 3 is 2.81 bits per heavy atom. The van der Waals surface area contributed by atoms with Gasteiger partial charge in [-0.15, -0.1) is 11.3 Å². The first-order valence-corrected chi connectivity index (χ1v) is 7.98. The molecule has 4 heteroatoms. The highest BCUT2D eigenvalue weighted by molar-refractivity contribution is 9.10. The second kappa shape index (κ2) is 7.75. The zero-order valence-corrected chi connectivity index (χ0v) is 13.2. The molecular weight excluding hydrogens is 302 g/mol. The topological polar surface area (TPSA) is 3.24 Å². The molecule has 0 fully saturated rings. The summed E-state index contributed by atoms with van der Waals surface area (Å²) in [6.07, 6.45) is 2.53. The van der Waals surface area contributed by atoms with Gasteiger partial charge in [-0.2, -0.15) is 12.6 Å². The predicted molar refractivity (Wildman–Crippen MR) is 80.6 cm³/mol. The highest BCUT2D eigenvalue weighted by Crippen LogP contribution is 2.21. The highest BCUT2D eigenvalue weighted by atomic mass is 79.9. The summed E-state index contributed by atoms with van der Waals surface area (Å²) in [4.78, 5) is 3.82. The molecule has 1 aromatic rings. The van der Waals surface area contributed by atoms with Crippen molar-refractivity contribution in [3.05, 3.63) is 20.8 Å². The molecule has 1 heterocycles. The maximum atomic E-state index is 4.42. The van der Waals surface area contributed by atoms with Gasteiger partial charge in [0.25, 0.3) is 0 Å². The lowest BCUT2D eigenvalue weighted by Crippen LogP contribution is -2.26. The van der Waals surface area contributed by atoms with Crippen LogP contribution in [0.1, 0.15) is 24.6 Å². The molecule has 1 rings (SSSR count). The molecule has 1 nitrogen and oxygen atoms in total. The number of hydrogen-bond donors (Lipinski definition) is 1. The molecule has 16 heavy (non-hydrogen) atoms. The Bertz CT molecular complexity index is 301. The van der Waals surface area contributed by atoms with E-state index in [1.807, 2.05) is 11.3 Å². The van der Waals surface area contributed by atoms with E-state index in [1.165, 1.54) is 22.2 Å². The zero-order valence-electron chi connectivity index (χ0n) is 9.95. The minimum absolute atomic E-state index is 0.724. The summed E-state index contributed by atoms with van der Waals surface area (Å²) < 4.78 is 1.19. The van der Waals surface area contributed by atoms with E-state index in [0.717, 1.165) is 24.8 Å². The average Bonchev–Trinajstić information content (AvgIpc) is 2.63. The molecule has 0 radical (unpaired) electrons. The van der Waals surface area contributed by atoms with Crippen LogP contribution in [0.4, 0.5) is 0 Å². The van der Waals surface area contributed by atoms with Gasteiger partial charge in [-0.25, -0.2) is 0 Å². The average molecular weight is 322 g/mol. The summed E-state index contributed by atoms with van der Waals surface area (Å²) in [7, 11) is 2.19. The summed E-state index contributed by atoms with van der Waals surface area (Å²) in [5.41, 5.74) is 0. The smallest absolute Gasteiger partial charge is 0.0325 e. The molecule has 1 aromatic heterocycles. The molecule has 0 aromatic carbocycles. The number of halogens is 1. The minimum Gasteiger partial charge on any atom is -0.301 e. The molecule has 0 aliphatic heterocycles. The van der Waals surface area contributed by atoms with E-state index >= 15 is 0 Å². The molecule has 1 atom stereocenters. The van der Waals surface area contributed by atoms with Crippen molar-refractivity contribution in [3.8, 4) is 0 Å². The zero-order chi connectivity index (χ0) is 12.0. The quantitative estimate of drug-likeness (QED) is 0.733. The Balaban J connectivity index is 2.37. The summed E-state index contributed by atoms with van der Waals surface area (Å²) in [5.74, 6) is 1.72. The first kappa shape index (κ1) is 14.6. The van der Waals surface area contributed by atoms with Crippen molar-refractivity contribution in [1.82, 2.24) is 4.90 Å². The van der Waals surface area contributed by atoms with Crippen molar-refractivity contribution in [2.75, 3.05) is 19.3 Å². The number of thiol groups is 1. The van der Waals surface area contributed by atoms with Crippen molar-refractivity contribution in [2.45, 2.75) is 26.3 Å². The Morgan fingerprint density at radius 1 is 1.56 bits per heavy atom. The third-order valence-electron chi connectivity index (χ3n) is 2.57. The third kappa shape index (κ3) is 5.21. The van der Waals surface area contributed by atoms with Crippen molar-refractivity contribution in [3.63, 3.8) is 0 Å². The van der Waals surface area contributed by atoms with Gasteiger partial charge in [-0.3, -0.25) is 0 Å². The van der Waals surface area contributed by atoms with Crippen LogP contribution < -0.4 is 0 Å². The molecule has 1 unspecified atom stereocenters. The largest absolute Gasteiger partial charge is 0.301 e. The minimum atomic E-state index is 0.724. The fraction of sp³-hybridized carbons (Fsp3) is 0.667. The molecule has 0 aliphatic rings. The van der Waals surface area contributed by atoms with Gasteiger partial charge in [0.1, 0.15) is 0 Å². The van der Waals surface area contributed by atoms with Gasteiger partial charge in [0, 0.05) is 27.8 Å². The predicted octanol–water partition coefficient (Wildman–Crippen LogP) is 4.29. The second-order valence-corrected chi connectivity index (χ2v) is 6.54. The summed E-state index contributed by atoms with van der Waals surface area (Å²) >= 11 is 9.73. The normalized spacial score (nSPS) is 13.3. The molecule has 92 valence electrons. The van der Waals surface area contributed by atoms with E-state index in [4.69, 9.17) is 0 Å². The van der Waals surface area contributed by atoms with Gasteiger partial charge >= 0.3 is 0 Å². The molecule has 0 amide bonds. The van der Waals surface area contributed by atoms with Crippen LogP contribution in [-0.2, 0) is 6.54 Å². The van der Waals surface area contributed by atoms with E-state index in [1.54, 1.807) is 0 Å². The molecule has 0 N–H and O–H groups in total. The molecule has 0 bridgehead atoms. The van der Waals surface area contributed by atoms with E-state index in [-0.39, 0.29) is 0 Å². The Hall–Kier alpha value is 0.490. The van der Waals surface area contributed by atoms with Crippen molar-refractivity contribution < 1.29 is 0 Å². The molecule has 0 aliphatic carbocycles. The SMILES string of the molecule is CCCC(CS)CN(C)Cc1cc(Br)cs1. The van der Waals surface area contributed by atoms with Gasteiger partial charge in [0.05, 0.1) is 0 Å². The molecular formula is C12H20BrNS2. The summed E-state index contributed by atoms with van der Waals surface area (Å²) in [6.45, 7) is 4.43. The van der Waals surface area contributed by atoms with E-state index in [2.05, 4.69) is 58.9 Å². The van der Waals surface area contributed by atoms with Crippen LogP contribution in [-0.4, -0.2) is 24.2 Å². The Kier molecular flexibility index (Phi) is 7.04. The lowest BCUT2D eigenvalue weighted by atomic mass is 10.1. The lowest BCUT2D eigenvalue weighted by Gasteiger charge is -2.21. The van der Waals surface area contributed by atoms with Crippen LogP contribution in [0.15, 0.2) is 15.9 Å². The van der Waals surface area contributed by atoms with E-state index < -0.39 is 0 Å². The van der Waals surface area contributed by atoms with Crippen molar-refractivity contribution in [1.29, 1.82) is 0 Å². The summed E-state index contributed by atoms with van der Waals surface area (Å²) in [6, 6.07) is 2.21. The molecule has 0 spiro atoms. The lowest BCUT2D eigenvalue weighted by molar-refractivity contribution is 0.275. The molecule has 0 saturated carbocycles. The van der Waals surface area contributed by atoms with Crippen molar-refractivity contribution >= 4 is 39.9 Å². The van der Waals surface area contributed by atoms with Crippen molar-refractivity contribution in [2.24, 2.45) is 5.92 Å². The van der Waals surface area contributed by atoms with Gasteiger partial charge in [-0.05, 0) is 47.1 Å². The first-order chi connectivity index (χ1) is 7.65. The van der Waals surface area contributed by atoms with Crippen LogP contribution in [0.25, 0.3) is 0 Å². The first-order valence-electron chi connectivity index (χ1n) is 5.68. The number of rotatable bonds is 7. The Labute approximate surface area is 117 Å². The maximum Gasteiger partial charge on any atom is 0.0325 e. The second-order valence-electron chi connectivity index (χ2n) is 4.27. The van der Waals surface area contributed by atoms with E-state index in [9.17, 15) is 0 Å². The van der Waals surface area contributed by atoms with Gasteiger partial charge < -0.3 is 4.90 Å². The van der Waals surface area contributed by atoms with Crippen LogP contribution in [0.2, 0.25) is 0 Å². The van der Waals surface area contributed by atoms with Gasteiger partial charge in [-0.1, -0.05) is 13.3 Å². The molecule has 0 saturated heterocycles. The highest BCUT2D eigenvalue weighted by Gasteiger charge is 2.10. The van der Waals surface area contributed by atoms with E-state index in [0.29, 0.717) is 0 Å². The fourth-order valence-corrected chi connectivity index (χ4v) is 3.68. The van der Waals surface area contributed by atoms with Gasteiger partial charge in [0.15, 0.2) is 0 Å². The third-order valence-corrected chi connectivity index (χ3v) is 4.77. The maximum absolute atomic E-state index is 4.42. The monoisotopic (exact) mass is 321 g/mol. The van der Waals surface area contributed by atoms with Crippen LogP contribution in [0.3, 0.4) is 0 Å². The number of thiophene rings is 1. The van der Waals surface area contributed by atoms with Crippen LogP contribution >= 0.6 is 39.9 Å². The number of nitrogens with zero attached hydrogens (tertiary/aromatic N) is 1. The fourth-order valence-electron chi connectivity index (χ4n) is 1.86. The summed E-state index contributed by atoms with van der Waals surface area (Å²) in [5, 5.41) is 2.14.